The molecule has 1 heterocycles. The molecule has 4 aromatic rings. The molecule has 4 rings (SSSR count). The maximum Gasteiger partial charge on any atom is 0.222 e. The number of nitrogens with one attached hydrogen (secondary N) is 1. The van der Waals surface area contributed by atoms with E-state index in [1.165, 1.54) is 16.3 Å². The summed E-state index contributed by atoms with van der Waals surface area (Å²) < 4.78 is 8.40. The summed E-state index contributed by atoms with van der Waals surface area (Å²) in [6.45, 7) is 6.15. The zero-order valence-corrected chi connectivity index (χ0v) is 20.3. The molecule has 0 saturated heterocycles. The molecule has 0 bridgehead atoms. The molecule has 0 atom stereocenters. The van der Waals surface area contributed by atoms with E-state index in [0.717, 1.165) is 62.3 Å². The smallest absolute Gasteiger partial charge is 0.222 e. The molecular weight excluding hydrogens is 422 g/mol. The number of amides is 1. The molecule has 1 N–H and O–H groups in total. The Bertz CT molecular complexity index is 1230. The Kier molecular flexibility index (Phi) is 8.18. The van der Waals surface area contributed by atoms with Gasteiger partial charge in [-0.1, -0.05) is 62.7 Å². The van der Waals surface area contributed by atoms with Gasteiger partial charge in [-0.2, -0.15) is 0 Å². The highest BCUT2D eigenvalue weighted by Gasteiger charge is 2.10. The van der Waals surface area contributed by atoms with E-state index in [4.69, 9.17) is 9.72 Å². The van der Waals surface area contributed by atoms with Gasteiger partial charge in [0, 0.05) is 25.4 Å². The summed E-state index contributed by atoms with van der Waals surface area (Å²) in [7, 11) is 0. The minimum Gasteiger partial charge on any atom is -0.494 e. The highest BCUT2D eigenvalue weighted by molar-refractivity contribution is 5.83. The highest BCUT2D eigenvalue weighted by atomic mass is 16.5. The SMILES string of the molecule is CC(C)C(=O)NCCCCCc1nc2ccccc2n1CCCOc1ccc2ccccc2c1. The molecule has 5 nitrogen and oxygen atoms in total. The second-order valence-corrected chi connectivity index (χ2v) is 9.14. The van der Waals surface area contributed by atoms with Crippen LogP contribution in [0.1, 0.15) is 45.4 Å². The van der Waals surface area contributed by atoms with Crippen molar-refractivity contribution in [1.82, 2.24) is 14.9 Å². The lowest BCUT2D eigenvalue weighted by molar-refractivity contribution is -0.123. The number of rotatable bonds is 12. The molecule has 0 saturated carbocycles. The normalized spacial score (nSPS) is 11.4. The Labute approximate surface area is 202 Å². The molecule has 1 aromatic heterocycles. The zero-order valence-electron chi connectivity index (χ0n) is 20.3. The molecule has 0 unspecified atom stereocenters. The third-order valence-corrected chi connectivity index (χ3v) is 6.15. The lowest BCUT2D eigenvalue weighted by Crippen LogP contribution is -2.28. The molecular formula is C29H35N3O2. The van der Waals surface area contributed by atoms with Crippen molar-refractivity contribution in [2.24, 2.45) is 5.92 Å². The van der Waals surface area contributed by atoms with Gasteiger partial charge in [0.15, 0.2) is 0 Å². The van der Waals surface area contributed by atoms with E-state index in [-0.39, 0.29) is 11.8 Å². The van der Waals surface area contributed by atoms with Crippen molar-refractivity contribution in [3.05, 3.63) is 72.6 Å². The van der Waals surface area contributed by atoms with Gasteiger partial charge in [0.25, 0.3) is 0 Å². The first-order valence-corrected chi connectivity index (χ1v) is 12.5. The number of ether oxygens (including phenoxy) is 1. The van der Waals surface area contributed by atoms with E-state index in [2.05, 4.69) is 64.5 Å². The average molecular weight is 458 g/mol. The van der Waals surface area contributed by atoms with Gasteiger partial charge < -0.3 is 14.6 Å². The highest BCUT2D eigenvalue weighted by Crippen LogP contribution is 2.21. The molecule has 0 spiro atoms. The molecule has 0 aliphatic carbocycles. The number of hydrogen-bond acceptors (Lipinski definition) is 3. The van der Waals surface area contributed by atoms with Crippen LogP contribution < -0.4 is 10.1 Å². The van der Waals surface area contributed by atoms with E-state index >= 15 is 0 Å². The Morgan fingerprint density at radius 2 is 1.74 bits per heavy atom. The number of unbranched alkanes of at least 4 members (excludes halogenated alkanes) is 2. The molecule has 3 aromatic carbocycles. The number of aromatic nitrogens is 2. The Balaban J connectivity index is 1.29. The first-order chi connectivity index (χ1) is 16.6. The van der Waals surface area contributed by atoms with Gasteiger partial charge in [-0.25, -0.2) is 4.98 Å². The van der Waals surface area contributed by atoms with Gasteiger partial charge in [-0.15, -0.1) is 0 Å². The first-order valence-electron chi connectivity index (χ1n) is 12.5. The van der Waals surface area contributed by atoms with Crippen LogP contribution in [-0.4, -0.2) is 28.6 Å². The predicted octanol–water partition coefficient (Wildman–Crippen LogP) is 6.14. The molecule has 0 aliphatic rings. The average Bonchev–Trinajstić information content (AvgIpc) is 3.21. The van der Waals surface area contributed by atoms with Crippen molar-refractivity contribution < 1.29 is 9.53 Å². The molecule has 0 radical (unpaired) electrons. The van der Waals surface area contributed by atoms with Crippen LogP contribution in [0.3, 0.4) is 0 Å². The summed E-state index contributed by atoms with van der Waals surface area (Å²) >= 11 is 0. The number of fused-ring (bicyclic) bond motifs is 2. The van der Waals surface area contributed by atoms with Crippen LogP contribution in [-0.2, 0) is 17.8 Å². The fourth-order valence-corrected chi connectivity index (χ4v) is 4.24. The standard InChI is InChI=1S/C29H35N3O2/c1-22(2)29(33)30-18-9-3-4-15-28-31-26-13-7-8-14-27(26)32(28)19-10-20-34-25-17-16-23-11-5-6-12-24(23)21-25/h5-8,11-14,16-17,21-22H,3-4,9-10,15,18-20H2,1-2H3,(H,30,33). The third-order valence-electron chi connectivity index (χ3n) is 6.15. The summed E-state index contributed by atoms with van der Waals surface area (Å²) in [5, 5.41) is 5.43. The fourth-order valence-electron chi connectivity index (χ4n) is 4.24. The lowest BCUT2D eigenvalue weighted by atomic mass is 10.1. The van der Waals surface area contributed by atoms with Crippen molar-refractivity contribution in [2.75, 3.05) is 13.2 Å². The first kappa shape index (κ1) is 23.8. The molecule has 178 valence electrons. The number of carbonyl (C=O) groups excluding carboxylic acids is 1. The van der Waals surface area contributed by atoms with E-state index in [1.807, 2.05) is 26.0 Å². The zero-order chi connectivity index (χ0) is 23.8. The topological polar surface area (TPSA) is 56.2 Å². The Morgan fingerprint density at radius 3 is 2.59 bits per heavy atom. The lowest BCUT2D eigenvalue weighted by Gasteiger charge is -2.11. The maximum absolute atomic E-state index is 11.7. The molecule has 0 aliphatic heterocycles. The number of carbonyl (C=O) groups is 1. The second-order valence-electron chi connectivity index (χ2n) is 9.14. The number of nitrogens with zero attached hydrogens (tertiary/aromatic N) is 2. The number of imidazole rings is 1. The largest absolute Gasteiger partial charge is 0.494 e. The van der Waals surface area contributed by atoms with Crippen molar-refractivity contribution >= 4 is 27.7 Å². The van der Waals surface area contributed by atoms with Gasteiger partial charge in [-0.05, 0) is 54.3 Å². The Hall–Kier alpha value is -3.34. The van der Waals surface area contributed by atoms with Crippen LogP contribution in [0.2, 0.25) is 0 Å². The quantitative estimate of drug-likeness (QED) is 0.260. The minimum atomic E-state index is 0.0464. The fraction of sp³-hybridized carbons (Fsp3) is 0.379. The number of aryl methyl sites for hydroxylation is 2. The van der Waals surface area contributed by atoms with Crippen molar-refractivity contribution in [2.45, 2.75) is 52.5 Å². The summed E-state index contributed by atoms with van der Waals surface area (Å²) in [4.78, 5) is 16.6. The van der Waals surface area contributed by atoms with Gasteiger partial charge in [-0.3, -0.25) is 4.79 Å². The maximum atomic E-state index is 11.7. The van der Waals surface area contributed by atoms with E-state index < -0.39 is 0 Å². The van der Waals surface area contributed by atoms with Crippen molar-refractivity contribution in [1.29, 1.82) is 0 Å². The molecule has 34 heavy (non-hydrogen) atoms. The number of para-hydroxylation sites is 2. The summed E-state index contributed by atoms with van der Waals surface area (Å²) in [5.41, 5.74) is 2.24. The number of benzene rings is 3. The molecule has 1 amide bonds. The van der Waals surface area contributed by atoms with Gasteiger partial charge in [0.1, 0.15) is 11.6 Å². The van der Waals surface area contributed by atoms with Gasteiger partial charge in [0.05, 0.1) is 17.6 Å². The van der Waals surface area contributed by atoms with Crippen molar-refractivity contribution in [3.63, 3.8) is 0 Å². The number of hydrogen-bond donors (Lipinski definition) is 1. The van der Waals surface area contributed by atoms with Crippen LogP contribution in [0.4, 0.5) is 0 Å². The Morgan fingerprint density at radius 1 is 0.941 bits per heavy atom. The minimum absolute atomic E-state index is 0.0464. The van der Waals surface area contributed by atoms with E-state index in [1.54, 1.807) is 0 Å². The summed E-state index contributed by atoms with van der Waals surface area (Å²) in [6.07, 6.45) is 5.00. The predicted molar refractivity (Wildman–Crippen MR) is 139 cm³/mol. The van der Waals surface area contributed by atoms with Crippen LogP contribution >= 0.6 is 0 Å². The van der Waals surface area contributed by atoms with E-state index in [0.29, 0.717) is 6.61 Å². The van der Waals surface area contributed by atoms with Crippen LogP contribution in [0.5, 0.6) is 5.75 Å². The van der Waals surface area contributed by atoms with E-state index in [9.17, 15) is 4.79 Å². The summed E-state index contributed by atoms with van der Waals surface area (Å²) in [6, 6.07) is 23.0. The van der Waals surface area contributed by atoms with Crippen LogP contribution in [0.15, 0.2) is 66.7 Å². The van der Waals surface area contributed by atoms with Crippen molar-refractivity contribution in [3.8, 4) is 5.75 Å². The van der Waals surface area contributed by atoms with Crippen LogP contribution in [0.25, 0.3) is 21.8 Å². The second kappa shape index (κ2) is 11.7. The third kappa shape index (κ3) is 6.16. The van der Waals surface area contributed by atoms with Gasteiger partial charge >= 0.3 is 0 Å². The van der Waals surface area contributed by atoms with Crippen LogP contribution in [0, 0.1) is 5.92 Å². The van der Waals surface area contributed by atoms with Gasteiger partial charge in [0.2, 0.25) is 5.91 Å². The summed E-state index contributed by atoms with van der Waals surface area (Å²) in [5.74, 6) is 2.23. The molecule has 0 fully saturated rings. The monoisotopic (exact) mass is 457 g/mol. The molecule has 5 heteroatoms.